The zero-order chi connectivity index (χ0) is 28.5. The van der Waals surface area contributed by atoms with Gasteiger partial charge >= 0.3 is 5.97 Å². The standard InChI is InChI=1S/C29H38N2O8/c1-21(32)4-3-5-28(35)39-25-13-8-23(9-14-25)20-26(29(36)30-16-17-38-19-18-37-2)31-27(34)15-10-22-6-11-24(33)12-7-22/h6-9,11-14,26,33H,3-5,10,15-20H2,1-2H3,(H,30,36)(H,31,34). The molecule has 0 heterocycles. The van der Waals surface area contributed by atoms with Crippen molar-refractivity contribution in [1.82, 2.24) is 10.6 Å². The Bertz CT molecular complexity index is 1050. The smallest absolute Gasteiger partial charge is 0.311 e. The van der Waals surface area contributed by atoms with Gasteiger partial charge in [0, 0.05) is 39.3 Å². The largest absolute Gasteiger partial charge is 0.508 e. The fraction of sp³-hybridized carbons (Fsp3) is 0.448. The van der Waals surface area contributed by atoms with E-state index in [2.05, 4.69) is 10.6 Å². The number of ketones is 1. The van der Waals surface area contributed by atoms with Gasteiger partial charge in [-0.1, -0.05) is 24.3 Å². The van der Waals surface area contributed by atoms with Crippen molar-refractivity contribution in [2.24, 2.45) is 0 Å². The Morgan fingerprint density at radius 2 is 1.56 bits per heavy atom. The highest BCUT2D eigenvalue weighted by molar-refractivity contribution is 5.88. The molecular weight excluding hydrogens is 504 g/mol. The molecule has 10 heteroatoms. The van der Waals surface area contributed by atoms with Crippen molar-refractivity contribution in [2.75, 3.05) is 33.5 Å². The van der Waals surface area contributed by atoms with Gasteiger partial charge in [-0.2, -0.15) is 0 Å². The Hall–Kier alpha value is -3.76. The molecule has 10 nitrogen and oxygen atoms in total. The number of nitrogens with one attached hydrogen (secondary N) is 2. The summed E-state index contributed by atoms with van der Waals surface area (Å²) >= 11 is 0. The molecule has 0 spiro atoms. The monoisotopic (exact) mass is 542 g/mol. The van der Waals surface area contributed by atoms with Crippen LogP contribution in [0.1, 0.15) is 43.7 Å². The summed E-state index contributed by atoms with van der Waals surface area (Å²) in [5.41, 5.74) is 1.66. The van der Waals surface area contributed by atoms with Crippen molar-refractivity contribution >= 4 is 23.6 Å². The van der Waals surface area contributed by atoms with Gasteiger partial charge in [0.05, 0.1) is 19.8 Å². The second-order valence-electron chi connectivity index (χ2n) is 9.06. The Morgan fingerprint density at radius 3 is 2.23 bits per heavy atom. The lowest BCUT2D eigenvalue weighted by atomic mass is 10.0. The number of methoxy groups -OCH3 is 1. The first-order valence-corrected chi connectivity index (χ1v) is 13.0. The van der Waals surface area contributed by atoms with Crippen LogP contribution >= 0.6 is 0 Å². The van der Waals surface area contributed by atoms with Gasteiger partial charge in [-0.15, -0.1) is 0 Å². The molecule has 0 aliphatic rings. The number of aromatic hydroxyl groups is 1. The van der Waals surface area contributed by atoms with Crippen LogP contribution in [0.5, 0.6) is 11.5 Å². The van der Waals surface area contributed by atoms with E-state index in [1.807, 2.05) is 0 Å². The normalized spacial score (nSPS) is 11.4. The van der Waals surface area contributed by atoms with Crippen LogP contribution in [0.4, 0.5) is 0 Å². The Kier molecular flexibility index (Phi) is 14.3. The van der Waals surface area contributed by atoms with Crippen LogP contribution < -0.4 is 15.4 Å². The molecule has 0 saturated heterocycles. The minimum atomic E-state index is -0.823. The maximum atomic E-state index is 12.9. The number of esters is 1. The third-order valence-corrected chi connectivity index (χ3v) is 5.71. The zero-order valence-electron chi connectivity index (χ0n) is 22.6. The Labute approximate surface area is 229 Å². The van der Waals surface area contributed by atoms with Gasteiger partial charge in [-0.25, -0.2) is 0 Å². The molecule has 3 N–H and O–H groups in total. The number of aryl methyl sites for hydroxylation is 1. The highest BCUT2D eigenvalue weighted by Crippen LogP contribution is 2.16. The number of carbonyl (C=O) groups is 4. The molecule has 2 rings (SSSR count). The molecule has 0 radical (unpaired) electrons. The van der Waals surface area contributed by atoms with Crippen molar-refractivity contribution in [3.05, 3.63) is 59.7 Å². The summed E-state index contributed by atoms with van der Waals surface area (Å²) in [6.07, 6.45) is 1.78. The molecule has 0 fully saturated rings. The lowest BCUT2D eigenvalue weighted by molar-refractivity contribution is -0.134. The van der Waals surface area contributed by atoms with E-state index in [1.54, 1.807) is 55.6 Å². The first kappa shape index (κ1) is 31.5. The molecule has 2 aromatic rings. The topological polar surface area (TPSA) is 140 Å². The van der Waals surface area contributed by atoms with E-state index in [1.165, 1.54) is 6.92 Å². The van der Waals surface area contributed by atoms with Crippen molar-refractivity contribution in [3.63, 3.8) is 0 Å². The number of hydrogen-bond donors (Lipinski definition) is 3. The summed E-state index contributed by atoms with van der Waals surface area (Å²) in [4.78, 5) is 48.6. The van der Waals surface area contributed by atoms with Gasteiger partial charge < -0.3 is 34.7 Å². The van der Waals surface area contributed by atoms with Crippen LogP contribution in [-0.4, -0.2) is 68.2 Å². The number of carbonyl (C=O) groups excluding carboxylic acids is 4. The predicted molar refractivity (Wildman–Crippen MR) is 144 cm³/mol. The van der Waals surface area contributed by atoms with Crippen LogP contribution in [0, 0.1) is 0 Å². The number of amides is 2. The van der Waals surface area contributed by atoms with Crippen LogP contribution in [0.15, 0.2) is 48.5 Å². The summed E-state index contributed by atoms with van der Waals surface area (Å²) in [6.45, 7) is 2.94. The first-order valence-electron chi connectivity index (χ1n) is 13.0. The number of phenols is 1. The third kappa shape index (κ3) is 13.6. The molecule has 2 amide bonds. The number of ether oxygens (including phenoxy) is 3. The highest BCUT2D eigenvalue weighted by Gasteiger charge is 2.21. The lowest BCUT2D eigenvalue weighted by Gasteiger charge is -2.19. The number of Topliss-reactive ketones (excluding diaryl/α,β-unsaturated/α-hetero) is 1. The van der Waals surface area contributed by atoms with Crippen LogP contribution in [-0.2, 0) is 41.5 Å². The van der Waals surface area contributed by atoms with Gasteiger partial charge in [0.2, 0.25) is 11.8 Å². The van der Waals surface area contributed by atoms with Gasteiger partial charge in [0.25, 0.3) is 0 Å². The van der Waals surface area contributed by atoms with Gasteiger partial charge in [-0.3, -0.25) is 14.4 Å². The van der Waals surface area contributed by atoms with Crippen LogP contribution in [0.3, 0.4) is 0 Å². The third-order valence-electron chi connectivity index (χ3n) is 5.71. The van der Waals surface area contributed by atoms with Crippen molar-refractivity contribution < 1.29 is 38.5 Å². The SMILES string of the molecule is COCCOCCNC(=O)C(Cc1ccc(OC(=O)CCCC(C)=O)cc1)NC(=O)CCc1ccc(O)cc1. The van der Waals surface area contributed by atoms with E-state index in [0.29, 0.717) is 44.8 Å². The van der Waals surface area contributed by atoms with E-state index in [-0.39, 0.29) is 49.2 Å². The van der Waals surface area contributed by atoms with Crippen LogP contribution in [0.2, 0.25) is 0 Å². The summed E-state index contributed by atoms with van der Waals surface area (Å²) in [7, 11) is 1.58. The molecule has 0 aliphatic heterocycles. The van der Waals surface area contributed by atoms with E-state index in [9.17, 15) is 24.3 Å². The zero-order valence-corrected chi connectivity index (χ0v) is 22.6. The van der Waals surface area contributed by atoms with Crippen molar-refractivity contribution in [2.45, 2.75) is 51.5 Å². The number of rotatable bonds is 18. The lowest BCUT2D eigenvalue weighted by Crippen LogP contribution is -2.48. The Morgan fingerprint density at radius 1 is 0.872 bits per heavy atom. The molecular formula is C29H38N2O8. The average Bonchev–Trinajstić information content (AvgIpc) is 2.90. The minimum absolute atomic E-state index is 0.0248. The summed E-state index contributed by atoms with van der Waals surface area (Å²) in [5, 5.41) is 15.0. The quantitative estimate of drug-likeness (QED) is 0.148. The number of phenolic OH excluding ortho intramolecular Hbond substituents is 1. The molecule has 0 saturated carbocycles. The summed E-state index contributed by atoms with van der Waals surface area (Å²) in [6, 6.07) is 12.5. The predicted octanol–water partition coefficient (Wildman–Crippen LogP) is 2.50. The van der Waals surface area contributed by atoms with Gasteiger partial charge in [0.1, 0.15) is 23.3 Å². The fourth-order valence-electron chi connectivity index (χ4n) is 3.60. The van der Waals surface area contributed by atoms with E-state index < -0.39 is 12.0 Å². The minimum Gasteiger partial charge on any atom is -0.508 e. The van der Waals surface area contributed by atoms with E-state index in [4.69, 9.17) is 14.2 Å². The molecule has 39 heavy (non-hydrogen) atoms. The molecule has 0 bridgehead atoms. The van der Waals surface area contributed by atoms with Gasteiger partial charge in [0.15, 0.2) is 0 Å². The molecule has 0 aromatic heterocycles. The maximum absolute atomic E-state index is 12.9. The second kappa shape index (κ2) is 17.7. The molecule has 2 aromatic carbocycles. The molecule has 0 aliphatic carbocycles. The van der Waals surface area contributed by atoms with Crippen LogP contribution in [0.25, 0.3) is 0 Å². The number of hydrogen-bond acceptors (Lipinski definition) is 8. The first-order chi connectivity index (χ1) is 18.8. The van der Waals surface area contributed by atoms with Crippen molar-refractivity contribution in [3.8, 4) is 11.5 Å². The number of benzene rings is 2. The molecule has 212 valence electrons. The molecule has 1 unspecified atom stereocenters. The van der Waals surface area contributed by atoms with E-state index in [0.717, 1.165) is 11.1 Å². The average molecular weight is 543 g/mol. The summed E-state index contributed by atoms with van der Waals surface area (Å²) < 4.78 is 15.6. The van der Waals surface area contributed by atoms with Crippen molar-refractivity contribution in [1.29, 1.82) is 0 Å². The maximum Gasteiger partial charge on any atom is 0.311 e. The second-order valence-corrected chi connectivity index (χ2v) is 9.06. The van der Waals surface area contributed by atoms with Gasteiger partial charge in [-0.05, 0) is 55.2 Å². The highest BCUT2D eigenvalue weighted by atomic mass is 16.5. The summed E-state index contributed by atoms with van der Waals surface area (Å²) in [5.74, 6) is -0.509. The fourth-order valence-corrected chi connectivity index (χ4v) is 3.60. The van der Waals surface area contributed by atoms with E-state index >= 15 is 0 Å². The Balaban J connectivity index is 1.94. The molecule has 1 atom stereocenters.